The van der Waals surface area contributed by atoms with Gasteiger partial charge in [0.1, 0.15) is 0 Å². The lowest BCUT2D eigenvalue weighted by molar-refractivity contribution is -0.119. The zero-order chi connectivity index (χ0) is 22.2. The predicted molar refractivity (Wildman–Crippen MR) is 130 cm³/mol. The number of rotatable bonds is 6. The van der Waals surface area contributed by atoms with Crippen molar-refractivity contribution in [3.63, 3.8) is 0 Å². The van der Waals surface area contributed by atoms with E-state index in [2.05, 4.69) is 15.5 Å². The van der Waals surface area contributed by atoms with E-state index >= 15 is 0 Å². The summed E-state index contributed by atoms with van der Waals surface area (Å²) in [7, 11) is 0. The van der Waals surface area contributed by atoms with E-state index in [9.17, 15) is 9.59 Å². The van der Waals surface area contributed by atoms with Crippen LogP contribution in [0.15, 0.2) is 48.5 Å². The molecular weight excluding hydrogens is 432 g/mol. The van der Waals surface area contributed by atoms with Crippen LogP contribution < -0.4 is 15.5 Å². The van der Waals surface area contributed by atoms with E-state index in [4.69, 9.17) is 23.8 Å². The second kappa shape index (κ2) is 11.1. The highest BCUT2D eigenvalue weighted by atomic mass is 35.5. The highest BCUT2D eigenvalue weighted by Gasteiger charge is 2.23. The van der Waals surface area contributed by atoms with E-state index < -0.39 is 0 Å². The molecule has 0 bridgehead atoms. The number of carbonyl (C=O) groups excluding carboxylic acids is 2. The zero-order valence-electron chi connectivity index (χ0n) is 17.6. The van der Waals surface area contributed by atoms with Gasteiger partial charge in [-0.15, -0.1) is 0 Å². The molecule has 3 rings (SSSR count). The number of hydrogen-bond acceptors (Lipinski definition) is 4. The van der Waals surface area contributed by atoms with Crippen LogP contribution in [0.4, 0.5) is 11.4 Å². The fourth-order valence-corrected chi connectivity index (χ4v) is 3.81. The first-order valence-electron chi connectivity index (χ1n) is 10.5. The Morgan fingerprint density at radius 3 is 2.39 bits per heavy atom. The average molecular weight is 459 g/mol. The molecule has 2 aromatic rings. The SMILES string of the molecule is CCCCC(=O)NC(=S)Nc1ccccc1N1CCN(C(=O)c2ccc(Cl)cc2)CC1. The number of anilines is 2. The number of para-hydroxylation sites is 2. The molecule has 0 saturated carbocycles. The number of amides is 2. The Balaban J connectivity index is 1.59. The fourth-order valence-electron chi connectivity index (χ4n) is 3.46. The molecule has 0 spiro atoms. The summed E-state index contributed by atoms with van der Waals surface area (Å²) < 4.78 is 0. The first kappa shape index (κ1) is 23.0. The summed E-state index contributed by atoms with van der Waals surface area (Å²) in [6, 6.07) is 14.8. The number of unbranched alkanes of at least 4 members (excludes halogenated alkanes) is 1. The highest BCUT2D eigenvalue weighted by Crippen LogP contribution is 2.27. The molecule has 2 amide bonds. The van der Waals surface area contributed by atoms with Gasteiger partial charge < -0.3 is 20.4 Å². The number of piperazine rings is 1. The second-order valence-corrected chi connectivity index (χ2v) is 8.25. The maximum absolute atomic E-state index is 12.7. The van der Waals surface area contributed by atoms with Crippen LogP contribution in [0.3, 0.4) is 0 Å². The number of carbonyl (C=O) groups is 2. The molecule has 6 nitrogen and oxygen atoms in total. The molecule has 0 unspecified atom stereocenters. The van der Waals surface area contributed by atoms with Crippen molar-refractivity contribution in [2.45, 2.75) is 26.2 Å². The molecule has 0 aromatic heterocycles. The van der Waals surface area contributed by atoms with Crippen LogP contribution in [0.25, 0.3) is 0 Å². The average Bonchev–Trinajstić information content (AvgIpc) is 2.78. The minimum Gasteiger partial charge on any atom is -0.366 e. The third-order valence-corrected chi connectivity index (χ3v) is 5.62. The molecule has 1 aliphatic rings. The third kappa shape index (κ3) is 6.42. The van der Waals surface area contributed by atoms with Gasteiger partial charge in [0.05, 0.1) is 11.4 Å². The van der Waals surface area contributed by atoms with E-state index in [0.29, 0.717) is 48.3 Å². The third-order valence-electron chi connectivity index (χ3n) is 5.16. The van der Waals surface area contributed by atoms with Crippen molar-refractivity contribution in [1.82, 2.24) is 10.2 Å². The van der Waals surface area contributed by atoms with Crippen LogP contribution in [0.5, 0.6) is 0 Å². The van der Waals surface area contributed by atoms with Gasteiger partial charge in [0.2, 0.25) is 5.91 Å². The Morgan fingerprint density at radius 2 is 1.71 bits per heavy atom. The molecule has 2 N–H and O–H groups in total. The molecular formula is C23H27ClN4O2S. The van der Waals surface area contributed by atoms with Gasteiger partial charge in [-0.2, -0.15) is 0 Å². The van der Waals surface area contributed by atoms with Crippen molar-refractivity contribution in [2.75, 3.05) is 36.4 Å². The van der Waals surface area contributed by atoms with Gasteiger partial charge in [-0.25, -0.2) is 0 Å². The van der Waals surface area contributed by atoms with E-state index in [1.54, 1.807) is 24.3 Å². The minimum atomic E-state index is -0.0776. The summed E-state index contributed by atoms with van der Waals surface area (Å²) in [5.41, 5.74) is 2.47. The van der Waals surface area contributed by atoms with Crippen LogP contribution in [-0.2, 0) is 4.79 Å². The first-order chi connectivity index (χ1) is 15.0. The van der Waals surface area contributed by atoms with Gasteiger partial charge in [0.15, 0.2) is 5.11 Å². The minimum absolute atomic E-state index is 0.0127. The Kier molecular flexibility index (Phi) is 8.26. The van der Waals surface area contributed by atoms with Gasteiger partial charge in [0.25, 0.3) is 5.91 Å². The van der Waals surface area contributed by atoms with Crippen molar-refractivity contribution in [3.05, 3.63) is 59.1 Å². The van der Waals surface area contributed by atoms with Crippen LogP contribution in [0, 0.1) is 0 Å². The fraction of sp³-hybridized carbons (Fsp3) is 0.348. The molecule has 1 saturated heterocycles. The summed E-state index contributed by atoms with van der Waals surface area (Å²) in [4.78, 5) is 28.7. The largest absolute Gasteiger partial charge is 0.366 e. The predicted octanol–water partition coefficient (Wildman–Crippen LogP) is 4.31. The second-order valence-electron chi connectivity index (χ2n) is 7.41. The zero-order valence-corrected chi connectivity index (χ0v) is 19.1. The van der Waals surface area contributed by atoms with Gasteiger partial charge in [0, 0.05) is 43.2 Å². The monoisotopic (exact) mass is 458 g/mol. The smallest absolute Gasteiger partial charge is 0.253 e. The van der Waals surface area contributed by atoms with Crippen LogP contribution in [-0.4, -0.2) is 48.0 Å². The van der Waals surface area contributed by atoms with Crippen LogP contribution in [0.1, 0.15) is 36.5 Å². The summed E-state index contributed by atoms with van der Waals surface area (Å²) in [5.74, 6) is -0.0650. The lowest BCUT2D eigenvalue weighted by Crippen LogP contribution is -2.49. The Hall–Kier alpha value is -2.64. The summed E-state index contributed by atoms with van der Waals surface area (Å²) in [6.45, 7) is 4.69. The summed E-state index contributed by atoms with van der Waals surface area (Å²) in [6.07, 6.45) is 2.26. The Labute approximate surface area is 193 Å². The molecule has 1 aliphatic heterocycles. The molecule has 2 aromatic carbocycles. The van der Waals surface area contributed by atoms with E-state index in [1.807, 2.05) is 36.1 Å². The number of thiocarbonyl (C=S) groups is 1. The number of halogens is 1. The van der Waals surface area contributed by atoms with E-state index in [-0.39, 0.29) is 11.8 Å². The number of hydrogen-bond donors (Lipinski definition) is 2. The topological polar surface area (TPSA) is 64.7 Å². The molecule has 0 radical (unpaired) electrons. The molecule has 1 fully saturated rings. The van der Waals surface area contributed by atoms with Crippen molar-refractivity contribution < 1.29 is 9.59 Å². The van der Waals surface area contributed by atoms with Crippen molar-refractivity contribution in [2.24, 2.45) is 0 Å². The molecule has 0 aliphatic carbocycles. The van der Waals surface area contributed by atoms with Crippen LogP contribution >= 0.6 is 23.8 Å². The van der Waals surface area contributed by atoms with Crippen LogP contribution in [0.2, 0.25) is 5.02 Å². The molecule has 1 heterocycles. The van der Waals surface area contributed by atoms with Gasteiger partial charge >= 0.3 is 0 Å². The maximum atomic E-state index is 12.7. The highest BCUT2D eigenvalue weighted by molar-refractivity contribution is 7.80. The summed E-state index contributed by atoms with van der Waals surface area (Å²) in [5, 5.41) is 6.80. The lowest BCUT2D eigenvalue weighted by Gasteiger charge is -2.37. The lowest BCUT2D eigenvalue weighted by atomic mass is 10.1. The van der Waals surface area contributed by atoms with Gasteiger partial charge in [-0.1, -0.05) is 37.1 Å². The van der Waals surface area contributed by atoms with Crippen molar-refractivity contribution >= 4 is 52.1 Å². The Morgan fingerprint density at radius 1 is 1.03 bits per heavy atom. The maximum Gasteiger partial charge on any atom is 0.253 e. The normalized spacial score (nSPS) is 13.6. The molecule has 0 atom stereocenters. The number of nitrogens with one attached hydrogen (secondary N) is 2. The van der Waals surface area contributed by atoms with E-state index in [1.165, 1.54) is 0 Å². The molecule has 8 heteroatoms. The van der Waals surface area contributed by atoms with Crippen molar-refractivity contribution in [3.8, 4) is 0 Å². The van der Waals surface area contributed by atoms with E-state index in [0.717, 1.165) is 24.2 Å². The molecule has 31 heavy (non-hydrogen) atoms. The summed E-state index contributed by atoms with van der Waals surface area (Å²) >= 11 is 11.2. The number of nitrogens with zero attached hydrogens (tertiary/aromatic N) is 2. The van der Waals surface area contributed by atoms with Gasteiger partial charge in [-0.3, -0.25) is 9.59 Å². The molecule has 164 valence electrons. The van der Waals surface area contributed by atoms with Gasteiger partial charge in [-0.05, 0) is 55.0 Å². The first-order valence-corrected chi connectivity index (χ1v) is 11.3. The van der Waals surface area contributed by atoms with Crippen molar-refractivity contribution in [1.29, 1.82) is 0 Å². The standard InChI is InChI=1S/C23H27ClN4O2S/c1-2-3-8-21(29)26-23(31)25-19-6-4-5-7-20(19)27-13-15-28(16-14-27)22(30)17-9-11-18(24)12-10-17/h4-7,9-12H,2-3,8,13-16H2,1H3,(H2,25,26,29,31). The Bertz CT molecular complexity index is 927. The number of benzene rings is 2. The quantitative estimate of drug-likeness (QED) is 0.631.